The van der Waals surface area contributed by atoms with Crippen molar-refractivity contribution in [3.63, 3.8) is 0 Å². The molecule has 154 valence electrons. The van der Waals surface area contributed by atoms with Crippen molar-refractivity contribution < 1.29 is 27.5 Å². The highest BCUT2D eigenvalue weighted by atomic mass is 19.4. The Hall–Kier alpha value is -2.51. The molecule has 2 amide bonds. The van der Waals surface area contributed by atoms with E-state index in [0.717, 1.165) is 6.07 Å². The normalized spacial score (nSPS) is 15.1. The summed E-state index contributed by atoms with van der Waals surface area (Å²) >= 11 is 0. The van der Waals surface area contributed by atoms with Crippen LogP contribution in [0.5, 0.6) is 0 Å². The molecule has 8 heteroatoms. The SMILES string of the molecule is CN(C)C(=O)c1ccc(C2=CCN(C(=O)OC(C)(C)C)CC2)c(C(F)(F)F)c1. The number of nitrogens with zero attached hydrogens (tertiary/aromatic N) is 2. The summed E-state index contributed by atoms with van der Waals surface area (Å²) in [6.45, 7) is 5.68. The first-order valence-corrected chi connectivity index (χ1v) is 8.90. The molecule has 1 heterocycles. The van der Waals surface area contributed by atoms with Crippen molar-refractivity contribution in [3.8, 4) is 0 Å². The van der Waals surface area contributed by atoms with Gasteiger partial charge >= 0.3 is 12.3 Å². The van der Waals surface area contributed by atoms with Crippen LogP contribution in [0.25, 0.3) is 5.57 Å². The molecule has 28 heavy (non-hydrogen) atoms. The van der Waals surface area contributed by atoms with E-state index in [1.807, 2.05) is 0 Å². The molecule has 0 saturated heterocycles. The minimum Gasteiger partial charge on any atom is -0.444 e. The summed E-state index contributed by atoms with van der Waals surface area (Å²) in [4.78, 5) is 26.8. The van der Waals surface area contributed by atoms with Crippen LogP contribution >= 0.6 is 0 Å². The van der Waals surface area contributed by atoms with Gasteiger partial charge in [-0.1, -0.05) is 12.1 Å². The van der Waals surface area contributed by atoms with E-state index in [1.165, 1.54) is 36.0 Å². The molecule has 1 aliphatic rings. The van der Waals surface area contributed by atoms with Crippen LogP contribution in [-0.2, 0) is 10.9 Å². The van der Waals surface area contributed by atoms with Crippen LogP contribution in [0.15, 0.2) is 24.3 Å². The molecular weight excluding hydrogens is 373 g/mol. The molecule has 0 fully saturated rings. The van der Waals surface area contributed by atoms with Gasteiger partial charge in [0.25, 0.3) is 5.91 Å². The molecule has 2 rings (SSSR count). The van der Waals surface area contributed by atoms with Crippen LogP contribution in [-0.4, -0.2) is 54.6 Å². The van der Waals surface area contributed by atoms with Gasteiger partial charge in [-0.15, -0.1) is 0 Å². The topological polar surface area (TPSA) is 49.9 Å². The second-order valence-electron chi connectivity index (χ2n) is 7.86. The third-order valence-corrected chi connectivity index (χ3v) is 4.18. The number of carbonyl (C=O) groups excluding carboxylic acids is 2. The smallest absolute Gasteiger partial charge is 0.417 e. The second-order valence-corrected chi connectivity index (χ2v) is 7.86. The highest BCUT2D eigenvalue weighted by molar-refractivity contribution is 5.94. The maximum atomic E-state index is 13.6. The molecule has 0 saturated carbocycles. The van der Waals surface area contributed by atoms with Gasteiger partial charge in [-0.3, -0.25) is 4.79 Å². The summed E-state index contributed by atoms with van der Waals surface area (Å²) in [7, 11) is 2.97. The Labute approximate surface area is 162 Å². The Bertz CT molecular complexity index is 793. The molecule has 0 atom stereocenters. The summed E-state index contributed by atoms with van der Waals surface area (Å²) in [5, 5.41) is 0. The number of amides is 2. The zero-order valence-electron chi connectivity index (χ0n) is 16.7. The number of alkyl halides is 3. The van der Waals surface area contributed by atoms with E-state index in [2.05, 4.69) is 0 Å². The van der Waals surface area contributed by atoms with Gasteiger partial charge in [-0.2, -0.15) is 13.2 Å². The number of hydrogen-bond donors (Lipinski definition) is 0. The summed E-state index contributed by atoms with van der Waals surface area (Å²) < 4.78 is 46.1. The molecule has 1 aromatic carbocycles. The predicted octanol–water partition coefficient (Wildman–Crippen LogP) is 4.43. The van der Waals surface area contributed by atoms with E-state index in [4.69, 9.17) is 4.74 Å². The first kappa shape index (κ1) is 21.8. The summed E-state index contributed by atoms with van der Waals surface area (Å²) in [5.41, 5.74) is -0.980. The van der Waals surface area contributed by atoms with Crippen LogP contribution in [0, 0.1) is 0 Å². The lowest BCUT2D eigenvalue weighted by Gasteiger charge is -2.30. The van der Waals surface area contributed by atoms with Gasteiger partial charge in [0.1, 0.15) is 5.60 Å². The quantitative estimate of drug-likeness (QED) is 0.741. The fourth-order valence-corrected chi connectivity index (χ4v) is 2.86. The van der Waals surface area contributed by atoms with E-state index in [-0.39, 0.29) is 30.6 Å². The average molecular weight is 398 g/mol. The summed E-state index contributed by atoms with van der Waals surface area (Å²) in [5.74, 6) is -0.495. The van der Waals surface area contributed by atoms with Crippen molar-refractivity contribution in [1.29, 1.82) is 0 Å². The van der Waals surface area contributed by atoms with Crippen molar-refractivity contribution in [2.75, 3.05) is 27.2 Å². The zero-order chi connectivity index (χ0) is 21.3. The van der Waals surface area contributed by atoms with E-state index in [9.17, 15) is 22.8 Å². The number of halogens is 3. The Morgan fingerprint density at radius 1 is 1.14 bits per heavy atom. The van der Waals surface area contributed by atoms with E-state index in [1.54, 1.807) is 26.8 Å². The van der Waals surface area contributed by atoms with Gasteiger partial charge in [-0.05, 0) is 50.5 Å². The Kier molecular flexibility index (Phi) is 6.11. The molecule has 0 aromatic heterocycles. The molecule has 1 aliphatic heterocycles. The molecular formula is C20H25F3N2O3. The highest BCUT2D eigenvalue weighted by Gasteiger charge is 2.35. The molecule has 0 radical (unpaired) electrons. The van der Waals surface area contributed by atoms with E-state index < -0.39 is 29.3 Å². The Morgan fingerprint density at radius 2 is 1.79 bits per heavy atom. The van der Waals surface area contributed by atoms with Crippen LogP contribution in [0.3, 0.4) is 0 Å². The van der Waals surface area contributed by atoms with Crippen molar-refractivity contribution in [2.45, 2.75) is 39.0 Å². The van der Waals surface area contributed by atoms with E-state index in [0.29, 0.717) is 5.57 Å². The molecule has 0 spiro atoms. The van der Waals surface area contributed by atoms with Gasteiger partial charge in [0.2, 0.25) is 0 Å². The van der Waals surface area contributed by atoms with Crippen LogP contribution in [0.4, 0.5) is 18.0 Å². The summed E-state index contributed by atoms with van der Waals surface area (Å²) in [6.07, 6.45) is -3.22. The second kappa shape index (κ2) is 7.85. The number of hydrogen-bond acceptors (Lipinski definition) is 3. The lowest BCUT2D eigenvalue weighted by molar-refractivity contribution is -0.137. The first-order valence-electron chi connectivity index (χ1n) is 8.90. The predicted molar refractivity (Wildman–Crippen MR) is 99.9 cm³/mol. The third-order valence-electron chi connectivity index (χ3n) is 4.18. The maximum absolute atomic E-state index is 13.6. The van der Waals surface area contributed by atoms with Crippen molar-refractivity contribution in [2.24, 2.45) is 0 Å². The van der Waals surface area contributed by atoms with Crippen molar-refractivity contribution in [3.05, 3.63) is 41.0 Å². The molecule has 5 nitrogen and oxygen atoms in total. The molecule has 0 unspecified atom stereocenters. The monoisotopic (exact) mass is 398 g/mol. The fraction of sp³-hybridized carbons (Fsp3) is 0.500. The summed E-state index contributed by atoms with van der Waals surface area (Å²) in [6, 6.07) is 3.61. The van der Waals surface area contributed by atoms with E-state index >= 15 is 0 Å². The fourth-order valence-electron chi connectivity index (χ4n) is 2.86. The molecule has 0 aliphatic carbocycles. The highest BCUT2D eigenvalue weighted by Crippen LogP contribution is 2.37. The first-order chi connectivity index (χ1) is 12.8. The standard InChI is InChI=1S/C20H25F3N2O3/c1-19(2,3)28-18(27)25-10-8-13(9-11-25)15-7-6-14(17(26)24(4)5)12-16(15)20(21,22)23/h6-8,12H,9-11H2,1-5H3. The largest absolute Gasteiger partial charge is 0.444 e. The number of rotatable bonds is 2. The molecule has 0 N–H and O–H groups in total. The van der Waals surface area contributed by atoms with Crippen LogP contribution in [0.1, 0.15) is 48.7 Å². The minimum absolute atomic E-state index is 0.0205. The zero-order valence-corrected chi connectivity index (χ0v) is 16.7. The number of carbonyl (C=O) groups is 2. The van der Waals surface area contributed by atoms with Crippen LogP contribution in [0.2, 0.25) is 0 Å². The lowest BCUT2D eigenvalue weighted by Crippen LogP contribution is -2.39. The van der Waals surface area contributed by atoms with Gasteiger partial charge in [0, 0.05) is 32.7 Å². The number of ether oxygens (including phenoxy) is 1. The lowest BCUT2D eigenvalue weighted by atomic mass is 9.93. The van der Waals surface area contributed by atoms with Gasteiger partial charge in [0.05, 0.1) is 5.56 Å². The van der Waals surface area contributed by atoms with Crippen molar-refractivity contribution in [1.82, 2.24) is 9.80 Å². The maximum Gasteiger partial charge on any atom is 0.417 e. The van der Waals surface area contributed by atoms with Gasteiger partial charge < -0.3 is 14.5 Å². The Morgan fingerprint density at radius 3 is 2.25 bits per heavy atom. The minimum atomic E-state index is -4.60. The van der Waals surface area contributed by atoms with Crippen LogP contribution < -0.4 is 0 Å². The third kappa shape index (κ3) is 5.27. The molecule has 1 aromatic rings. The van der Waals surface area contributed by atoms with Crippen molar-refractivity contribution >= 4 is 17.6 Å². The van der Waals surface area contributed by atoms with Gasteiger partial charge in [0.15, 0.2) is 0 Å². The average Bonchev–Trinajstić information content (AvgIpc) is 2.58. The number of benzene rings is 1. The van der Waals surface area contributed by atoms with Gasteiger partial charge in [-0.25, -0.2) is 4.79 Å². The molecule has 0 bridgehead atoms. The Balaban J connectivity index is 2.30.